The highest BCUT2D eigenvalue weighted by Crippen LogP contribution is 2.23. The normalized spacial score (nSPS) is 21.4. The van der Waals surface area contributed by atoms with Crippen LogP contribution >= 0.6 is 24.0 Å². The minimum atomic E-state index is -0.711. The highest BCUT2D eigenvalue weighted by Gasteiger charge is 2.25. The summed E-state index contributed by atoms with van der Waals surface area (Å²) in [5.74, 6) is 2.16. The fraction of sp³-hybridized carbons (Fsp3) is 0.667. The van der Waals surface area contributed by atoms with Crippen molar-refractivity contribution in [1.82, 2.24) is 15.6 Å². The first kappa shape index (κ1) is 23.1. The van der Waals surface area contributed by atoms with Gasteiger partial charge in [-0.3, -0.25) is 4.21 Å². The van der Waals surface area contributed by atoms with Gasteiger partial charge in [-0.05, 0) is 37.8 Å². The van der Waals surface area contributed by atoms with Gasteiger partial charge in [-0.2, -0.15) is 0 Å². The maximum absolute atomic E-state index is 12.1. The zero-order valence-electron chi connectivity index (χ0n) is 15.9. The summed E-state index contributed by atoms with van der Waals surface area (Å²) >= 11 is 0. The molecule has 148 valence electrons. The lowest BCUT2D eigenvalue weighted by molar-refractivity contribution is 0.397. The summed E-state index contributed by atoms with van der Waals surface area (Å²) in [6.07, 6.45) is 5.98. The van der Waals surface area contributed by atoms with E-state index in [2.05, 4.69) is 27.5 Å². The number of ether oxygens (including phenoxy) is 1. The maximum Gasteiger partial charge on any atom is 0.213 e. The Morgan fingerprint density at radius 3 is 2.92 bits per heavy atom. The van der Waals surface area contributed by atoms with Crippen molar-refractivity contribution in [3.63, 3.8) is 0 Å². The molecule has 1 aromatic heterocycles. The van der Waals surface area contributed by atoms with Gasteiger partial charge in [-0.15, -0.1) is 24.0 Å². The second kappa shape index (κ2) is 12.5. The molecule has 0 bridgehead atoms. The number of nitrogens with zero attached hydrogens (tertiary/aromatic N) is 2. The number of aliphatic imine (C=N–C) groups is 1. The van der Waals surface area contributed by atoms with Gasteiger partial charge in [0.15, 0.2) is 5.96 Å². The van der Waals surface area contributed by atoms with Crippen molar-refractivity contribution in [2.75, 3.05) is 19.4 Å². The molecule has 3 unspecified atom stereocenters. The van der Waals surface area contributed by atoms with Crippen LogP contribution in [0.15, 0.2) is 23.3 Å². The van der Waals surface area contributed by atoms with Gasteiger partial charge < -0.3 is 15.4 Å². The third-order valence-electron chi connectivity index (χ3n) is 4.40. The van der Waals surface area contributed by atoms with Crippen molar-refractivity contribution in [2.24, 2.45) is 4.99 Å². The van der Waals surface area contributed by atoms with E-state index in [-0.39, 0.29) is 24.0 Å². The minimum absolute atomic E-state index is 0. The summed E-state index contributed by atoms with van der Waals surface area (Å²) in [5.41, 5.74) is 1.05. The Kier molecular flexibility index (Phi) is 11.1. The molecule has 3 atom stereocenters. The van der Waals surface area contributed by atoms with Crippen LogP contribution in [0.5, 0.6) is 5.88 Å². The third-order valence-corrected chi connectivity index (χ3v) is 6.14. The van der Waals surface area contributed by atoms with Crippen molar-refractivity contribution in [3.8, 4) is 5.88 Å². The standard InChI is InChI=1S/C18H30N4O2S.HI/c1-4-19-18(21-13-14-9-10-20-17(11-14)24-3)22-15-7-6-8-16(12-15)25(23)5-2;/h9-11,15-16H,4-8,12-13H2,1-3H3,(H2,19,21,22);1H. The Labute approximate surface area is 176 Å². The molecule has 8 heteroatoms. The van der Waals surface area contributed by atoms with Gasteiger partial charge in [-0.25, -0.2) is 9.98 Å². The lowest BCUT2D eigenvalue weighted by Crippen LogP contribution is -2.46. The fourth-order valence-electron chi connectivity index (χ4n) is 3.09. The number of hydrogen-bond acceptors (Lipinski definition) is 4. The molecular weight excluding hydrogens is 463 g/mol. The molecule has 6 nitrogen and oxygen atoms in total. The second-order valence-corrected chi connectivity index (χ2v) is 8.21. The Morgan fingerprint density at radius 1 is 1.42 bits per heavy atom. The van der Waals surface area contributed by atoms with Crippen LogP contribution in [-0.2, 0) is 17.3 Å². The molecule has 1 aliphatic rings. The van der Waals surface area contributed by atoms with E-state index < -0.39 is 10.8 Å². The Morgan fingerprint density at radius 2 is 2.23 bits per heavy atom. The molecule has 0 aromatic carbocycles. The SMILES string of the molecule is CCNC(=NCc1ccnc(OC)c1)NC1CCCC(S(=O)CC)C1.I. The Hall–Kier alpha value is -0.900. The summed E-state index contributed by atoms with van der Waals surface area (Å²) in [4.78, 5) is 8.80. The molecule has 2 N–H and O–H groups in total. The third kappa shape index (κ3) is 7.38. The average Bonchev–Trinajstić information content (AvgIpc) is 2.66. The van der Waals surface area contributed by atoms with Crippen LogP contribution in [0.3, 0.4) is 0 Å². The van der Waals surface area contributed by atoms with Gasteiger partial charge in [0.25, 0.3) is 0 Å². The molecule has 0 amide bonds. The summed E-state index contributed by atoms with van der Waals surface area (Å²) in [7, 11) is 0.901. The molecule has 26 heavy (non-hydrogen) atoms. The van der Waals surface area contributed by atoms with E-state index in [0.717, 1.165) is 49.5 Å². The van der Waals surface area contributed by atoms with E-state index >= 15 is 0 Å². The summed E-state index contributed by atoms with van der Waals surface area (Å²) in [6.45, 7) is 5.43. The van der Waals surface area contributed by atoms with Gasteiger partial charge in [0.2, 0.25) is 5.88 Å². The lowest BCUT2D eigenvalue weighted by atomic mass is 9.95. The molecule has 1 saturated carbocycles. The number of methoxy groups -OCH3 is 1. The topological polar surface area (TPSA) is 75.6 Å². The van der Waals surface area contributed by atoms with E-state index in [9.17, 15) is 4.21 Å². The van der Waals surface area contributed by atoms with E-state index in [1.165, 1.54) is 0 Å². The maximum atomic E-state index is 12.1. The van der Waals surface area contributed by atoms with Crippen LogP contribution in [-0.4, -0.2) is 45.9 Å². The van der Waals surface area contributed by atoms with Crippen molar-refractivity contribution in [3.05, 3.63) is 23.9 Å². The van der Waals surface area contributed by atoms with Crippen LogP contribution in [0.1, 0.15) is 45.1 Å². The zero-order chi connectivity index (χ0) is 18.1. The van der Waals surface area contributed by atoms with Crippen LogP contribution in [0, 0.1) is 0 Å². The number of pyridine rings is 1. The molecule has 0 aliphatic heterocycles. The summed E-state index contributed by atoms with van der Waals surface area (Å²) in [6, 6.07) is 4.17. The van der Waals surface area contributed by atoms with Gasteiger partial charge in [0.05, 0.1) is 13.7 Å². The summed E-state index contributed by atoms with van der Waals surface area (Å²) < 4.78 is 17.3. The predicted octanol–water partition coefficient (Wildman–Crippen LogP) is 2.84. The Bertz CT molecular complexity index is 600. The monoisotopic (exact) mass is 494 g/mol. The first-order valence-electron chi connectivity index (χ1n) is 9.07. The van der Waals surface area contributed by atoms with Crippen molar-refractivity contribution >= 4 is 40.7 Å². The highest BCUT2D eigenvalue weighted by atomic mass is 127. The van der Waals surface area contributed by atoms with Crippen molar-refractivity contribution in [1.29, 1.82) is 0 Å². The van der Waals surface area contributed by atoms with E-state index in [0.29, 0.717) is 23.7 Å². The molecule has 0 saturated heterocycles. The molecule has 1 aliphatic carbocycles. The lowest BCUT2D eigenvalue weighted by Gasteiger charge is -2.30. The van der Waals surface area contributed by atoms with Gasteiger partial charge in [0, 0.05) is 46.7 Å². The van der Waals surface area contributed by atoms with E-state index in [1.54, 1.807) is 13.3 Å². The number of rotatable bonds is 7. The highest BCUT2D eigenvalue weighted by molar-refractivity contribution is 14.0. The quantitative estimate of drug-likeness (QED) is 0.347. The largest absolute Gasteiger partial charge is 0.481 e. The van der Waals surface area contributed by atoms with Crippen LogP contribution in [0.4, 0.5) is 0 Å². The molecule has 0 radical (unpaired) electrons. The van der Waals surface area contributed by atoms with Crippen LogP contribution in [0.25, 0.3) is 0 Å². The van der Waals surface area contributed by atoms with Crippen molar-refractivity contribution < 1.29 is 8.95 Å². The summed E-state index contributed by atoms with van der Waals surface area (Å²) in [5, 5.41) is 7.13. The number of halogens is 1. The first-order chi connectivity index (χ1) is 12.2. The predicted molar refractivity (Wildman–Crippen MR) is 119 cm³/mol. The fourth-order valence-corrected chi connectivity index (χ4v) is 4.44. The molecule has 1 fully saturated rings. The van der Waals surface area contributed by atoms with Crippen molar-refractivity contribution in [2.45, 2.75) is 57.4 Å². The molecule has 1 heterocycles. The number of hydrogen-bond donors (Lipinski definition) is 2. The van der Waals surface area contributed by atoms with Crippen LogP contribution < -0.4 is 15.4 Å². The second-order valence-electron chi connectivity index (χ2n) is 6.20. The Balaban J connectivity index is 0.00000338. The van der Waals surface area contributed by atoms with Gasteiger partial charge >= 0.3 is 0 Å². The molecular formula is C18H31IN4O2S. The smallest absolute Gasteiger partial charge is 0.213 e. The molecule has 0 spiro atoms. The number of nitrogens with one attached hydrogen (secondary N) is 2. The zero-order valence-corrected chi connectivity index (χ0v) is 19.0. The van der Waals surface area contributed by atoms with Crippen LogP contribution in [0.2, 0.25) is 0 Å². The van der Waals surface area contributed by atoms with E-state index in [4.69, 9.17) is 4.74 Å². The molecule has 2 rings (SSSR count). The molecule has 1 aromatic rings. The van der Waals surface area contributed by atoms with Gasteiger partial charge in [-0.1, -0.05) is 13.3 Å². The van der Waals surface area contributed by atoms with E-state index in [1.807, 2.05) is 19.1 Å². The minimum Gasteiger partial charge on any atom is -0.481 e. The number of aromatic nitrogens is 1. The number of guanidine groups is 1. The first-order valence-corrected chi connectivity index (χ1v) is 10.4. The average molecular weight is 494 g/mol. The van der Waals surface area contributed by atoms with Gasteiger partial charge in [0.1, 0.15) is 0 Å².